The Hall–Kier alpha value is -3.35. The van der Waals surface area contributed by atoms with E-state index in [1.54, 1.807) is 0 Å². The van der Waals surface area contributed by atoms with E-state index in [1.807, 2.05) is 31.2 Å². The number of aliphatic carboxylic acids is 1. The van der Waals surface area contributed by atoms with E-state index < -0.39 is 12.1 Å². The molecule has 1 saturated carbocycles. The number of carbonyl (C=O) groups excluding carboxylic acids is 2. The van der Waals surface area contributed by atoms with Gasteiger partial charge in [-0.05, 0) is 54.4 Å². The molecular formula is C26H30N2O5. The molecule has 0 radical (unpaired) electrons. The minimum Gasteiger partial charge on any atom is -0.481 e. The van der Waals surface area contributed by atoms with Crippen molar-refractivity contribution in [2.45, 2.75) is 44.6 Å². The largest absolute Gasteiger partial charge is 0.481 e. The highest BCUT2D eigenvalue weighted by molar-refractivity contribution is 5.82. The summed E-state index contributed by atoms with van der Waals surface area (Å²) >= 11 is 0. The normalized spacial score (nSPS) is 19.2. The first-order chi connectivity index (χ1) is 15.9. The average Bonchev–Trinajstić information content (AvgIpc) is 3.51. The van der Waals surface area contributed by atoms with Gasteiger partial charge in [0.05, 0.1) is 0 Å². The minimum atomic E-state index is -0.824. The number of ether oxygens (including phenoxy) is 1. The van der Waals surface area contributed by atoms with Crippen LogP contribution in [-0.4, -0.2) is 42.3 Å². The SMILES string of the molecule is CC(CCCC(=O)O)NC(=O)[C@@H]1C[C@@H]1CNC(=O)OCC1c2ccccc2-c2ccccc21. The van der Waals surface area contributed by atoms with E-state index in [9.17, 15) is 14.4 Å². The van der Waals surface area contributed by atoms with E-state index in [4.69, 9.17) is 9.84 Å². The van der Waals surface area contributed by atoms with E-state index >= 15 is 0 Å². The van der Waals surface area contributed by atoms with Gasteiger partial charge in [-0.1, -0.05) is 48.5 Å². The molecule has 2 aromatic carbocycles. The Morgan fingerprint density at radius 2 is 1.70 bits per heavy atom. The van der Waals surface area contributed by atoms with Gasteiger partial charge in [-0.2, -0.15) is 0 Å². The van der Waals surface area contributed by atoms with Crippen LogP contribution in [0.3, 0.4) is 0 Å². The molecule has 2 aliphatic carbocycles. The highest BCUT2D eigenvalue weighted by Crippen LogP contribution is 2.44. The zero-order valence-electron chi connectivity index (χ0n) is 18.8. The standard InChI is InChI=1S/C26H30N2O5/c1-16(7-6-12-24(29)30)28-25(31)22-13-17(22)14-27-26(32)33-15-23-20-10-4-2-8-18(20)19-9-3-5-11-21(19)23/h2-5,8-11,16-17,22-23H,6-7,12-15H2,1H3,(H,27,32)(H,28,31)(H,29,30)/t16?,17-,22-/m1/s1. The lowest BCUT2D eigenvalue weighted by Crippen LogP contribution is -2.35. The van der Waals surface area contributed by atoms with Crippen LogP contribution in [0.4, 0.5) is 4.79 Å². The van der Waals surface area contributed by atoms with Crippen molar-refractivity contribution in [1.82, 2.24) is 10.6 Å². The van der Waals surface area contributed by atoms with Crippen LogP contribution in [0.5, 0.6) is 0 Å². The lowest BCUT2D eigenvalue weighted by atomic mass is 9.98. The third-order valence-corrected chi connectivity index (χ3v) is 6.53. The van der Waals surface area contributed by atoms with Crippen LogP contribution in [0.25, 0.3) is 11.1 Å². The van der Waals surface area contributed by atoms with Crippen molar-refractivity contribution in [2.75, 3.05) is 13.2 Å². The molecule has 7 nitrogen and oxygen atoms in total. The molecule has 1 fully saturated rings. The molecule has 0 bridgehead atoms. The second-order valence-corrected chi connectivity index (χ2v) is 9.00. The Morgan fingerprint density at radius 3 is 2.33 bits per heavy atom. The van der Waals surface area contributed by atoms with Crippen molar-refractivity contribution < 1.29 is 24.2 Å². The highest BCUT2D eigenvalue weighted by atomic mass is 16.5. The number of hydrogen-bond donors (Lipinski definition) is 3. The number of benzene rings is 2. The van der Waals surface area contributed by atoms with Crippen molar-refractivity contribution in [2.24, 2.45) is 11.8 Å². The van der Waals surface area contributed by atoms with E-state index in [2.05, 4.69) is 34.9 Å². The van der Waals surface area contributed by atoms with E-state index in [1.165, 1.54) is 22.3 Å². The van der Waals surface area contributed by atoms with E-state index in [0.29, 0.717) is 19.4 Å². The zero-order valence-corrected chi connectivity index (χ0v) is 18.8. The van der Waals surface area contributed by atoms with Gasteiger partial charge in [0.25, 0.3) is 0 Å². The molecule has 4 rings (SSSR count). The first-order valence-corrected chi connectivity index (χ1v) is 11.5. The molecule has 2 aliphatic rings. The molecule has 0 saturated heterocycles. The van der Waals surface area contributed by atoms with E-state index in [-0.39, 0.29) is 42.7 Å². The molecule has 2 amide bonds. The topological polar surface area (TPSA) is 105 Å². The number of rotatable bonds is 10. The summed E-state index contributed by atoms with van der Waals surface area (Å²) in [6.45, 7) is 2.55. The fraction of sp³-hybridized carbons (Fsp3) is 0.423. The summed E-state index contributed by atoms with van der Waals surface area (Å²) < 4.78 is 5.54. The Kier molecular flexibility index (Phi) is 6.96. The predicted octanol–water partition coefficient (Wildman–Crippen LogP) is 3.92. The number of alkyl carbamates (subject to hydrolysis) is 1. The monoisotopic (exact) mass is 450 g/mol. The Balaban J connectivity index is 1.19. The number of nitrogens with one attached hydrogen (secondary N) is 2. The van der Waals surface area contributed by atoms with Gasteiger partial charge in [0.15, 0.2) is 0 Å². The molecule has 2 aromatic rings. The second-order valence-electron chi connectivity index (χ2n) is 9.00. The van der Waals surface area contributed by atoms with Gasteiger partial charge < -0.3 is 20.5 Å². The molecule has 0 aliphatic heterocycles. The smallest absolute Gasteiger partial charge is 0.407 e. The summed E-state index contributed by atoms with van der Waals surface area (Å²) in [7, 11) is 0. The van der Waals surface area contributed by atoms with Gasteiger partial charge in [-0.3, -0.25) is 9.59 Å². The van der Waals surface area contributed by atoms with Crippen LogP contribution < -0.4 is 10.6 Å². The van der Waals surface area contributed by atoms with E-state index in [0.717, 1.165) is 6.42 Å². The third kappa shape index (κ3) is 5.53. The maximum atomic E-state index is 12.3. The molecular weight excluding hydrogens is 420 g/mol. The van der Waals surface area contributed by atoms with Crippen LogP contribution in [0.2, 0.25) is 0 Å². The summed E-state index contributed by atoms with van der Waals surface area (Å²) in [6.07, 6.45) is 1.54. The van der Waals surface area contributed by atoms with Crippen molar-refractivity contribution >= 4 is 18.0 Å². The Labute approximate surface area is 193 Å². The quantitative estimate of drug-likeness (QED) is 0.509. The van der Waals surface area contributed by atoms with Crippen LogP contribution in [0, 0.1) is 11.8 Å². The molecule has 7 heteroatoms. The van der Waals surface area contributed by atoms with Crippen LogP contribution in [-0.2, 0) is 14.3 Å². The lowest BCUT2D eigenvalue weighted by Gasteiger charge is -2.15. The summed E-state index contributed by atoms with van der Waals surface area (Å²) in [4.78, 5) is 35.2. The summed E-state index contributed by atoms with van der Waals surface area (Å²) in [6, 6.07) is 16.3. The van der Waals surface area contributed by atoms with Gasteiger partial charge in [-0.15, -0.1) is 0 Å². The number of fused-ring (bicyclic) bond motifs is 3. The molecule has 0 heterocycles. The predicted molar refractivity (Wildman–Crippen MR) is 124 cm³/mol. The number of carboxylic acid groups (broad SMARTS) is 1. The molecule has 1 unspecified atom stereocenters. The number of carbonyl (C=O) groups is 3. The van der Waals surface area contributed by atoms with Crippen molar-refractivity contribution in [1.29, 1.82) is 0 Å². The van der Waals surface area contributed by atoms with Crippen molar-refractivity contribution in [3.63, 3.8) is 0 Å². The molecule has 0 aromatic heterocycles. The van der Waals surface area contributed by atoms with Gasteiger partial charge in [0, 0.05) is 30.8 Å². The molecule has 3 N–H and O–H groups in total. The molecule has 0 spiro atoms. The minimum absolute atomic E-state index is 0.0187. The Morgan fingerprint density at radius 1 is 1.06 bits per heavy atom. The molecule has 3 atom stereocenters. The fourth-order valence-corrected chi connectivity index (χ4v) is 4.64. The molecule has 174 valence electrons. The van der Waals surface area contributed by atoms with Crippen molar-refractivity contribution in [3.05, 3.63) is 59.7 Å². The van der Waals surface area contributed by atoms with Gasteiger partial charge in [0.1, 0.15) is 6.61 Å². The first kappa shape index (κ1) is 22.8. The zero-order chi connectivity index (χ0) is 23.4. The van der Waals surface area contributed by atoms with Crippen LogP contribution in [0.15, 0.2) is 48.5 Å². The third-order valence-electron chi connectivity index (χ3n) is 6.53. The average molecular weight is 451 g/mol. The van der Waals surface area contributed by atoms with Gasteiger partial charge >= 0.3 is 12.1 Å². The summed E-state index contributed by atoms with van der Waals surface area (Å²) in [5.41, 5.74) is 4.71. The lowest BCUT2D eigenvalue weighted by molar-refractivity contribution is -0.137. The summed E-state index contributed by atoms with van der Waals surface area (Å²) in [5.74, 6) is -0.838. The fourth-order valence-electron chi connectivity index (χ4n) is 4.64. The number of hydrogen-bond acceptors (Lipinski definition) is 4. The molecule has 33 heavy (non-hydrogen) atoms. The van der Waals surface area contributed by atoms with Crippen molar-refractivity contribution in [3.8, 4) is 11.1 Å². The summed E-state index contributed by atoms with van der Waals surface area (Å²) in [5, 5.41) is 14.4. The van der Waals surface area contributed by atoms with Crippen LogP contribution >= 0.6 is 0 Å². The van der Waals surface area contributed by atoms with Gasteiger partial charge in [0.2, 0.25) is 5.91 Å². The Bertz CT molecular complexity index is 991. The first-order valence-electron chi connectivity index (χ1n) is 11.5. The number of amides is 2. The maximum absolute atomic E-state index is 12.3. The number of carboxylic acids is 1. The second kappa shape index (κ2) is 10.1. The van der Waals surface area contributed by atoms with Crippen LogP contribution in [0.1, 0.15) is 49.7 Å². The maximum Gasteiger partial charge on any atom is 0.407 e. The van der Waals surface area contributed by atoms with Gasteiger partial charge in [-0.25, -0.2) is 4.79 Å². The highest BCUT2D eigenvalue weighted by Gasteiger charge is 2.43.